The van der Waals surface area contributed by atoms with E-state index in [0.29, 0.717) is 27.6 Å². The van der Waals surface area contributed by atoms with Crippen LogP contribution in [0.3, 0.4) is 0 Å². The summed E-state index contributed by atoms with van der Waals surface area (Å²) >= 11 is 4.55. The van der Waals surface area contributed by atoms with Crippen LogP contribution in [0.4, 0.5) is 16.0 Å². The molecule has 2 aromatic carbocycles. The molecule has 0 saturated carbocycles. The van der Waals surface area contributed by atoms with E-state index in [2.05, 4.69) is 32.9 Å². The molecule has 7 nitrogen and oxygen atoms in total. The molecule has 0 unspecified atom stereocenters. The number of nitriles is 1. The Morgan fingerprint density at radius 1 is 1.24 bits per heavy atom. The number of rotatable bonds is 4. The number of nitrogens with one attached hydrogen (secondary N) is 1. The highest BCUT2D eigenvalue weighted by molar-refractivity contribution is 7.80. The van der Waals surface area contributed by atoms with Gasteiger partial charge in [-0.3, -0.25) is 4.57 Å². The number of hydrogen-bond donors (Lipinski definition) is 3. The molecule has 0 aliphatic rings. The predicted molar refractivity (Wildman–Crippen MR) is 111 cm³/mol. The lowest BCUT2D eigenvalue weighted by molar-refractivity contribution is 0.629. The van der Waals surface area contributed by atoms with Gasteiger partial charge in [-0.15, -0.1) is 12.6 Å². The third kappa shape index (κ3) is 3.34. The van der Waals surface area contributed by atoms with Crippen LogP contribution in [0.25, 0.3) is 16.7 Å². The zero-order chi connectivity index (χ0) is 20.5. The lowest BCUT2D eigenvalue weighted by Crippen LogP contribution is -2.15. The Balaban J connectivity index is 1.88. The van der Waals surface area contributed by atoms with E-state index < -0.39 is 0 Å². The van der Waals surface area contributed by atoms with Gasteiger partial charge < -0.3 is 11.1 Å². The Morgan fingerprint density at radius 2 is 2.03 bits per heavy atom. The largest absolute Gasteiger partial charge is 0.382 e. The summed E-state index contributed by atoms with van der Waals surface area (Å²) in [5, 5.41) is 12.5. The van der Waals surface area contributed by atoms with E-state index in [1.54, 1.807) is 6.07 Å². The molecule has 144 valence electrons. The molecule has 29 heavy (non-hydrogen) atoms. The van der Waals surface area contributed by atoms with Crippen LogP contribution in [-0.2, 0) is 0 Å². The van der Waals surface area contributed by atoms with E-state index in [1.165, 1.54) is 18.5 Å². The van der Waals surface area contributed by atoms with Crippen molar-refractivity contribution in [3.63, 3.8) is 0 Å². The monoisotopic (exact) mass is 405 g/mol. The van der Waals surface area contributed by atoms with E-state index >= 15 is 0 Å². The first kappa shape index (κ1) is 18.7. The highest BCUT2D eigenvalue weighted by Gasteiger charge is 2.21. The average Bonchev–Trinajstić information content (AvgIpc) is 3.07. The van der Waals surface area contributed by atoms with Gasteiger partial charge >= 0.3 is 0 Å². The molecule has 9 heteroatoms. The predicted octanol–water partition coefficient (Wildman–Crippen LogP) is 3.87. The molecule has 0 fully saturated rings. The van der Waals surface area contributed by atoms with E-state index in [-0.39, 0.29) is 23.2 Å². The van der Waals surface area contributed by atoms with E-state index in [9.17, 15) is 9.65 Å². The Morgan fingerprint density at radius 3 is 2.79 bits per heavy atom. The summed E-state index contributed by atoms with van der Waals surface area (Å²) in [7, 11) is 0. The summed E-state index contributed by atoms with van der Waals surface area (Å²) < 4.78 is 15.8. The highest BCUT2D eigenvalue weighted by atomic mass is 32.1. The first-order valence-corrected chi connectivity index (χ1v) is 9.17. The first-order valence-electron chi connectivity index (χ1n) is 8.73. The van der Waals surface area contributed by atoms with Gasteiger partial charge in [-0.2, -0.15) is 5.26 Å². The molecule has 0 bridgehead atoms. The highest BCUT2D eigenvalue weighted by Crippen LogP contribution is 2.31. The minimum Gasteiger partial charge on any atom is -0.382 e. The van der Waals surface area contributed by atoms with Crippen LogP contribution in [0, 0.1) is 17.1 Å². The third-order valence-corrected chi connectivity index (χ3v) is 4.87. The Hall–Kier alpha value is -3.64. The fourth-order valence-electron chi connectivity index (χ4n) is 3.15. The average molecular weight is 405 g/mol. The Kier molecular flexibility index (Phi) is 4.78. The number of aromatic nitrogens is 4. The van der Waals surface area contributed by atoms with Crippen molar-refractivity contribution in [3.05, 3.63) is 66.0 Å². The van der Waals surface area contributed by atoms with Gasteiger partial charge in [-0.1, -0.05) is 12.1 Å². The van der Waals surface area contributed by atoms with Gasteiger partial charge in [0, 0.05) is 11.0 Å². The quantitative estimate of drug-likeness (QED) is 0.445. The number of para-hydroxylation sites is 1. The number of nitrogens with zero attached hydrogens (tertiary/aromatic N) is 5. The second kappa shape index (κ2) is 7.41. The normalized spacial score (nSPS) is 11.9. The van der Waals surface area contributed by atoms with Crippen molar-refractivity contribution in [2.24, 2.45) is 0 Å². The molecule has 4 aromatic rings. The zero-order valence-corrected chi connectivity index (χ0v) is 16.2. The van der Waals surface area contributed by atoms with Crippen molar-refractivity contribution < 1.29 is 4.39 Å². The number of thiol groups is 1. The fraction of sp³-hybridized carbons (Fsp3) is 0.100. The number of fused-ring (bicyclic) bond motifs is 1. The summed E-state index contributed by atoms with van der Waals surface area (Å²) in [6, 6.07) is 13.5. The first-order chi connectivity index (χ1) is 14.0. The van der Waals surface area contributed by atoms with Crippen LogP contribution in [0.5, 0.6) is 0 Å². The minimum absolute atomic E-state index is 0.0912. The van der Waals surface area contributed by atoms with Crippen LogP contribution in [0.1, 0.15) is 24.4 Å². The van der Waals surface area contributed by atoms with Crippen LogP contribution < -0.4 is 11.1 Å². The minimum atomic E-state index is -0.389. The number of hydrogen-bond acceptors (Lipinski definition) is 7. The molecule has 2 heterocycles. The number of halogens is 1. The van der Waals surface area contributed by atoms with E-state index in [4.69, 9.17) is 5.73 Å². The standard InChI is InChI=1S/C20H16FN7S/c1-11(26-19-13(9-22)18(23)24-10-25-19)20-27-14-7-6-12(21)8-16(14)28(20)15-4-2-3-5-17(15)29/h2-8,10-11,29H,1H3,(H3,23,24,25,26)/t11-/m1/s1. The number of imidazole rings is 1. The van der Waals surface area contributed by atoms with Gasteiger partial charge in [-0.25, -0.2) is 19.3 Å². The van der Waals surface area contributed by atoms with E-state index in [0.717, 1.165) is 5.69 Å². The van der Waals surface area contributed by atoms with Gasteiger partial charge in [-0.05, 0) is 31.2 Å². The third-order valence-electron chi connectivity index (χ3n) is 4.49. The molecule has 0 aliphatic heterocycles. The molecule has 3 N–H and O–H groups in total. The van der Waals surface area contributed by atoms with Gasteiger partial charge in [0.15, 0.2) is 0 Å². The van der Waals surface area contributed by atoms with Crippen molar-refractivity contribution in [1.29, 1.82) is 5.26 Å². The SMILES string of the molecule is C[C@@H](Nc1ncnc(N)c1C#N)c1nc2ccc(F)cc2n1-c1ccccc1S. The molecular weight excluding hydrogens is 389 g/mol. The topological polar surface area (TPSA) is 105 Å². The van der Waals surface area contributed by atoms with Crippen molar-refractivity contribution in [2.45, 2.75) is 17.9 Å². The molecule has 0 radical (unpaired) electrons. The van der Waals surface area contributed by atoms with Crippen LogP contribution in [-0.4, -0.2) is 19.5 Å². The molecule has 4 rings (SSSR count). The molecule has 0 amide bonds. The second-order valence-electron chi connectivity index (χ2n) is 6.39. The smallest absolute Gasteiger partial charge is 0.150 e. The van der Waals surface area contributed by atoms with Crippen LogP contribution >= 0.6 is 12.6 Å². The summed E-state index contributed by atoms with van der Waals surface area (Å²) in [5.41, 5.74) is 7.94. The number of anilines is 2. The second-order valence-corrected chi connectivity index (χ2v) is 6.87. The van der Waals surface area contributed by atoms with E-state index in [1.807, 2.05) is 41.8 Å². The van der Waals surface area contributed by atoms with Crippen LogP contribution in [0.2, 0.25) is 0 Å². The number of benzene rings is 2. The van der Waals surface area contributed by atoms with Crippen molar-refractivity contribution >= 4 is 35.3 Å². The van der Waals surface area contributed by atoms with Gasteiger partial charge in [0.1, 0.15) is 41.2 Å². The lowest BCUT2D eigenvalue weighted by atomic mass is 10.2. The molecule has 0 spiro atoms. The fourth-order valence-corrected chi connectivity index (χ4v) is 3.41. The van der Waals surface area contributed by atoms with Gasteiger partial charge in [0.2, 0.25) is 0 Å². The number of nitrogens with two attached hydrogens (primary N) is 1. The maximum Gasteiger partial charge on any atom is 0.150 e. The molecule has 0 aliphatic carbocycles. The molecule has 2 aromatic heterocycles. The molecule has 0 saturated heterocycles. The summed E-state index contributed by atoms with van der Waals surface area (Å²) in [6.07, 6.45) is 1.28. The summed E-state index contributed by atoms with van der Waals surface area (Å²) in [4.78, 5) is 13.4. The van der Waals surface area contributed by atoms with Crippen LogP contribution in [0.15, 0.2) is 53.7 Å². The summed E-state index contributed by atoms with van der Waals surface area (Å²) in [5.74, 6) is 0.635. The van der Waals surface area contributed by atoms with Crippen molar-refractivity contribution in [1.82, 2.24) is 19.5 Å². The maximum absolute atomic E-state index is 14.0. The zero-order valence-electron chi connectivity index (χ0n) is 15.3. The maximum atomic E-state index is 14.0. The summed E-state index contributed by atoms with van der Waals surface area (Å²) in [6.45, 7) is 1.87. The van der Waals surface area contributed by atoms with Gasteiger partial charge in [0.05, 0.1) is 22.8 Å². The number of nitrogen functional groups attached to an aromatic ring is 1. The lowest BCUT2D eigenvalue weighted by Gasteiger charge is -2.18. The molecule has 1 atom stereocenters. The Labute approximate surface area is 171 Å². The van der Waals surface area contributed by atoms with Crippen molar-refractivity contribution in [3.8, 4) is 11.8 Å². The van der Waals surface area contributed by atoms with Gasteiger partial charge in [0.25, 0.3) is 0 Å². The molecular formula is C20H16FN7S. The Bertz CT molecular complexity index is 1260. The van der Waals surface area contributed by atoms with Crippen molar-refractivity contribution in [2.75, 3.05) is 11.1 Å².